The summed E-state index contributed by atoms with van der Waals surface area (Å²) in [6.07, 6.45) is 5.11. The predicted molar refractivity (Wildman–Crippen MR) is 110 cm³/mol. The van der Waals surface area contributed by atoms with E-state index < -0.39 is 0 Å². The van der Waals surface area contributed by atoms with Crippen LogP contribution in [-0.4, -0.2) is 46.8 Å². The fourth-order valence-electron chi connectivity index (χ4n) is 3.88. The van der Waals surface area contributed by atoms with Crippen LogP contribution in [0.4, 0.5) is 10.9 Å². The smallest absolute Gasteiger partial charge is 0.311 e. The van der Waals surface area contributed by atoms with E-state index in [1.165, 1.54) is 16.9 Å². The van der Waals surface area contributed by atoms with Crippen molar-refractivity contribution in [3.63, 3.8) is 0 Å². The number of fused-ring (bicyclic) bond motifs is 1. The molecule has 2 aliphatic rings. The number of hydrogen-bond donors (Lipinski definition) is 1. The van der Waals surface area contributed by atoms with E-state index in [0.717, 1.165) is 50.2 Å². The van der Waals surface area contributed by atoms with E-state index >= 15 is 0 Å². The van der Waals surface area contributed by atoms with Gasteiger partial charge in [0.05, 0.1) is 30.3 Å². The molecule has 1 amide bonds. The Morgan fingerprint density at radius 3 is 3.07 bits per heavy atom. The van der Waals surface area contributed by atoms with E-state index in [4.69, 9.17) is 4.74 Å². The van der Waals surface area contributed by atoms with Crippen LogP contribution in [0.25, 0.3) is 0 Å². The maximum Gasteiger partial charge on any atom is 0.311 e. The summed E-state index contributed by atoms with van der Waals surface area (Å²) in [5.41, 5.74) is 3.02. The minimum Gasteiger partial charge on any atom is -0.466 e. The van der Waals surface area contributed by atoms with Gasteiger partial charge in [0, 0.05) is 18.5 Å². The number of aromatic nitrogens is 3. The Labute approximate surface area is 173 Å². The van der Waals surface area contributed by atoms with E-state index in [1.807, 2.05) is 0 Å². The maximum absolute atomic E-state index is 12.8. The fourth-order valence-corrected chi connectivity index (χ4v) is 4.60. The summed E-state index contributed by atoms with van der Waals surface area (Å²) in [7, 11) is 0. The number of rotatable bonds is 6. The van der Waals surface area contributed by atoms with Crippen molar-refractivity contribution in [3.8, 4) is 0 Å². The number of hydrogen-bond acceptors (Lipinski definition) is 8. The molecule has 8 nitrogen and oxygen atoms in total. The highest BCUT2D eigenvalue weighted by atomic mass is 32.1. The first-order chi connectivity index (χ1) is 14.1. The minimum absolute atomic E-state index is 0.0409. The van der Waals surface area contributed by atoms with Gasteiger partial charge in [-0.1, -0.05) is 0 Å². The number of esters is 1. The summed E-state index contributed by atoms with van der Waals surface area (Å²) in [6, 6.07) is 2.14. The Balaban J connectivity index is 1.35. The van der Waals surface area contributed by atoms with Gasteiger partial charge in [0.25, 0.3) is 0 Å². The first kappa shape index (κ1) is 19.8. The average molecular weight is 416 g/mol. The zero-order chi connectivity index (χ0) is 20.2. The van der Waals surface area contributed by atoms with E-state index in [-0.39, 0.29) is 24.2 Å². The highest BCUT2D eigenvalue weighted by Crippen LogP contribution is 2.27. The monoisotopic (exact) mass is 415 g/mol. The van der Waals surface area contributed by atoms with Crippen LogP contribution >= 0.6 is 11.3 Å². The summed E-state index contributed by atoms with van der Waals surface area (Å²) >= 11 is 1.33. The van der Waals surface area contributed by atoms with Crippen molar-refractivity contribution in [2.75, 3.05) is 29.9 Å². The molecule has 9 heteroatoms. The number of aryl methyl sites for hydroxylation is 2. The molecule has 0 bridgehead atoms. The number of thiazole rings is 1. The minimum atomic E-state index is -0.311. The molecule has 0 saturated carbocycles. The van der Waals surface area contributed by atoms with Crippen LogP contribution in [0.3, 0.4) is 0 Å². The molecule has 1 N–H and O–H groups in total. The number of carbonyl (C=O) groups excluding carboxylic acids is 2. The molecule has 2 aromatic heterocycles. The lowest BCUT2D eigenvalue weighted by Gasteiger charge is -2.32. The van der Waals surface area contributed by atoms with Gasteiger partial charge < -0.3 is 15.0 Å². The molecule has 1 aliphatic heterocycles. The van der Waals surface area contributed by atoms with E-state index in [9.17, 15) is 9.59 Å². The zero-order valence-electron chi connectivity index (χ0n) is 16.5. The molecule has 0 radical (unpaired) electrons. The Morgan fingerprint density at radius 2 is 2.21 bits per heavy atom. The summed E-state index contributed by atoms with van der Waals surface area (Å²) in [4.78, 5) is 30.8. The predicted octanol–water partition coefficient (Wildman–Crippen LogP) is 2.38. The Kier molecular flexibility index (Phi) is 6.03. The number of piperidine rings is 1. The number of carbonyl (C=O) groups is 2. The van der Waals surface area contributed by atoms with Gasteiger partial charge in [-0.25, -0.2) is 4.98 Å². The molecule has 1 saturated heterocycles. The standard InChI is InChI=1S/C20H25N5O3S/c1-2-28-18(26)10-15-12-29-20(21-15)22-19(27)14-6-4-8-25(11-14)17-9-13-5-3-7-16(13)23-24-17/h9,12,14H,2-8,10-11H2,1H3,(H,21,22,27)/t14-/m0/s1. The van der Waals surface area contributed by atoms with Gasteiger partial charge in [-0.3, -0.25) is 9.59 Å². The van der Waals surface area contributed by atoms with Crippen molar-refractivity contribution in [3.05, 3.63) is 28.4 Å². The van der Waals surface area contributed by atoms with Gasteiger partial charge in [0.15, 0.2) is 10.9 Å². The number of ether oxygens (including phenoxy) is 1. The maximum atomic E-state index is 12.8. The van der Waals surface area contributed by atoms with Gasteiger partial charge >= 0.3 is 5.97 Å². The van der Waals surface area contributed by atoms with Crippen LogP contribution in [0.15, 0.2) is 11.4 Å². The van der Waals surface area contributed by atoms with Crippen molar-refractivity contribution < 1.29 is 14.3 Å². The third-order valence-electron chi connectivity index (χ3n) is 5.34. The van der Waals surface area contributed by atoms with Crippen molar-refractivity contribution in [1.82, 2.24) is 15.2 Å². The van der Waals surface area contributed by atoms with Crippen LogP contribution in [0.1, 0.15) is 43.1 Å². The number of nitrogens with zero attached hydrogens (tertiary/aromatic N) is 4. The lowest BCUT2D eigenvalue weighted by molar-refractivity contribution is -0.142. The SMILES string of the molecule is CCOC(=O)Cc1csc(NC(=O)[C@H]2CCCN(c3cc4c(nn3)CCC4)C2)n1. The first-order valence-corrected chi connectivity index (χ1v) is 11.0. The molecule has 1 aliphatic carbocycles. The Morgan fingerprint density at radius 1 is 1.31 bits per heavy atom. The van der Waals surface area contributed by atoms with Crippen molar-refractivity contribution >= 4 is 34.2 Å². The van der Waals surface area contributed by atoms with Crippen LogP contribution in [0, 0.1) is 5.92 Å². The summed E-state index contributed by atoms with van der Waals surface area (Å²) in [5, 5.41) is 14.0. The number of amides is 1. The second-order valence-corrected chi connectivity index (χ2v) is 8.29. The van der Waals surface area contributed by atoms with Gasteiger partial charge in [0.2, 0.25) is 5.91 Å². The lowest BCUT2D eigenvalue weighted by atomic mass is 9.97. The summed E-state index contributed by atoms with van der Waals surface area (Å²) in [6.45, 7) is 3.63. The Bertz CT molecular complexity index is 900. The van der Waals surface area contributed by atoms with Gasteiger partial charge in [-0.15, -0.1) is 16.4 Å². The quantitative estimate of drug-likeness (QED) is 0.724. The summed E-state index contributed by atoms with van der Waals surface area (Å²) < 4.78 is 4.93. The molecule has 2 aromatic rings. The van der Waals surface area contributed by atoms with E-state index in [1.54, 1.807) is 12.3 Å². The average Bonchev–Trinajstić information content (AvgIpc) is 3.37. The van der Waals surface area contributed by atoms with Gasteiger partial charge in [-0.05, 0) is 50.7 Å². The molecule has 0 spiro atoms. The van der Waals surface area contributed by atoms with Crippen molar-refractivity contribution in [1.29, 1.82) is 0 Å². The molecule has 1 atom stereocenters. The third kappa shape index (κ3) is 4.72. The molecule has 29 heavy (non-hydrogen) atoms. The van der Waals surface area contributed by atoms with Crippen LogP contribution in [0.2, 0.25) is 0 Å². The van der Waals surface area contributed by atoms with E-state index in [2.05, 4.69) is 31.5 Å². The second-order valence-electron chi connectivity index (χ2n) is 7.43. The normalized spacial score (nSPS) is 18.4. The highest BCUT2D eigenvalue weighted by molar-refractivity contribution is 7.13. The zero-order valence-corrected chi connectivity index (χ0v) is 17.3. The Hall–Kier alpha value is -2.55. The molecule has 1 fully saturated rings. The molecule has 0 unspecified atom stereocenters. The van der Waals surface area contributed by atoms with Crippen LogP contribution < -0.4 is 10.2 Å². The van der Waals surface area contributed by atoms with Crippen LogP contribution in [0.5, 0.6) is 0 Å². The molecular formula is C20H25N5O3S. The van der Waals surface area contributed by atoms with Crippen molar-refractivity contribution in [2.24, 2.45) is 5.92 Å². The van der Waals surface area contributed by atoms with E-state index in [0.29, 0.717) is 24.0 Å². The highest BCUT2D eigenvalue weighted by Gasteiger charge is 2.28. The number of anilines is 2. The molecule has 3 heterocycles. The van der Waals surface area contributed by atoms with Gasteiger partial charge in [-0.2, -0.15) is 5.10 Å². The molecular weight excluding hydrogens is 390 g/mol. The van der Waals surface area contributed by atoms with Crippen LogP contribution in [-0.2, 0) is 33.6 Å². The van der Waals surface area contributed by atoms with Crippen molar-refractivity contribution in [2.45, 2.75) is 45.4 Å². The molecule has 0 aromatic carbocycles. The topological polar surface area (TPSA) is 97.3 Å². The molecule has 154 valence electrons. The largest absolute Gasteiger partial charge is 0.466 e. The summed E-state index contributed by atoms with van der Waals surface area (Å²) in [5.74, 6) is 0.389. The third-order valence-corrected chi connectivity index (χ3v) is 6.14. The number of nitrogens with one attached hydrogen (secondary N) is 1. The second kappa shape index (κ2) is 8.86. The fraction of sp³-hybridized carbons (Fsp3) is 0.550. The lowest BCUT2D eigenvalue weighted by Crippen LogP contribution is -2.41. The first-order valence-electron chi connectivity index (χ1n) is 10.1. The van der Waals surface area contributed by atoms with Gasteiger partial charge in [0.1, 0.15) is 0 Å². The molecule has 4 rings (SSSR count).